The summed E-state index contributed by atoms with van der Waals surface area (Å²) in [4.78, 5) is 0.0884. The van der Waals surface area contributed by atoms with Crippen LogP contribution in [0.15, 0.2) is 70.5 Å². The Morgan fingerprint density at radius 3 is 1.47 bits per heavy atom. The van der Waals surface area contributed by atoms with E-state index in [1.807, 2.05) is 0 Å². The highest BCUT2D eigenvalue weighted by atomic mass is 32.2. The smallest absolute Gasteiger partial charge is 0.296 e. The molecule has 1 saturated carbocycles. The van der Waals surface area contributed by atoms with Crippen molar-refractivity contribution in [3.8, 4) is 0 Å². The molecule has 1 heterocycles. The summed E-state index contributed by atoms with van der Waals surface area (Å²) in [6, 6.07) is 15.7. The first-order chi connectivity index (χ1) is 15.2. The molecule has 10 heteroatoms. The predicted octanol–water partition coefficient (Wildman–Crippen LogP) is 3.10. The topological polar surface area (TPSA) is 105 Å². The van der Waals surface area contributed by atoms with Crippen molar-refractivity contribution in [2.45, 2.75) is 41.3 Å². The summed E-state index contributed by atoms with van der Waals surface area (Å²) in [5.74, 6) is -0.694. The largest absolute Gasteiger partial charge is 0.348 e. The first-order valence-electron chi connectivity index (χ1n) is 10.4. The van der Waals surface area contributed by atoms with Crippen molar-refractivity contribution in [3.05, 3.63) is 60.7 Å². The Labute approximate surface area is 188 Å². The summed E-state index contributed by atoms with van der Waals surface area (Å²) in [5.41, 5.74) is -0.829. The van der Waals surface area contributed by atoms with Gasteiger partial charge in [-0.15, -0.1) is 0 Å². The second-order valence-corrected chi connectivity index (χ2v) is 11.4. The maximum atomic E-state index is 12.7. The second kappa shape index (κ2) is 9.20. The predicted molar refractivity (Wildman–Crippen MR) is 115 cm³/mol. The molecule has 0 aromatic heterocycles. The van der Waals surface area contributed by atoms with E-state index in [1.165, 1.54) is 24.3 Å². The Kier molecular flexibility index (Phi) is 6.71. The van der Waals surface area contributed by atoms with Crippen molar-refractivity contribution in [1.82, 2.24) is 0 Å². The SMILES string of the molecule is O=S(=O)(OCC1(COS(=O)(=O)c2ccccc2)CCC2(CC1)OCCO2)c1ccccc1. The first kappa shape index (κ1) is 23.3. The van der Waals surface area contributed by atoms with Crippen LogP contribution in [-0.4, -0.2) is 49.1 Å². The molecule has 0 N–H and O–H groups in total. The van der Waals surface area contributed by atoms with E-state index < -0.39 is 31.4 Å². The van der Waals surface area contributed by atoms with E-state index in [9.17, 15) is 16.8 Å². The zero-order chi connectivity index (χ0) is 22.7. The van der Waals surface area contributed by atoms with Crippen LogP contribution < -0.4 is 0 Å². The van der Waals surface area contributed by atoms with Gasteiger partial charge in [-0.2, -0.15) is 16.8 Å². The molecule has 2 aromatic carbocycles. The minimum absolute atomic E-state index is 0.0442. The maximum absolute atomic E-state index is 12.7. The van der Waals surface area contributed by atoms with Gasteiger partial charge < -0.3 is 9.47 Å². The molecular formula is C22H26O8S2. The summed E-state index contributed by atoms with van der Waals surface area (Å²) >= 11 is 0. The molecule has 1 saturated heterocycles. The first-order valence-corrected chi connectivity index (χ1v) is 13.2. The molecule has 2 fully saturated rings. The molecule has 32 heavy (non-hydrogen) atoms. The van der Waals surface area contributed by atoms with Crippen LogP contribution in [0.5, 0.6) is 0 Å². The molecule has 1 aliphatic carbocycles. The summed E-state index contributed by atoms with van der Waals surface area (Å²) in [6.07, 6.45) is 1.86. The van der Waals surface area contributed by atoms with Gasteiger partial charge in [0.25, 0.3) is 20.2 Å². The molecule has 0 radical (unpaired) electrons. The number of hydrogen-bond acceptors (Lipinski definition) is 8. The van der Waals surface area contributed by atoms with E-state index >= 15 is 0 Å². The lowest BCUT2D eigenvalue weighted by Gasteiger charge is -2.42. The highest BCUT2D eigenvalue weighted by Crippen LogP contribution is 2.46. The molecule has 0 atom stereocenters. The monoisotopic (exact) mass is 482 g/mol. The third kappa shape index (κ3) is 5.22. The maximum Gasteiger partial charge on any atom is 0.296 e. The number of rotatable bonds is 8. The Bertz CT molecular complexity index is 1020. The fourth-order valence-corrected chi connectivity index (χ4v) is 6.06. The number of benzene rings is 2. The van der Waals surface area contributed by atoms with Crippen LogP contribution in [0.1, 0.15) is 25.7 Å². The van der Waals surface area contributed by atoms with Gasteiger partial charge in [0, 0.05) is 18.3 Å². The Morgan fingerprint density at radius 1 is 0.656 bits per heavy atom. The van der Waals surface area contributed by atoms with E-state index in [0.29, 0.717) is 38.9 Å². The standard InChI is InChI=1S/C22H26O8S2/c23-31(24,19-7-3-1-4-8-19)29-17-21(11-13-22(14-12-21)27-15-16-28-22)18-30-32(25,26)20-9-5-2-6-10-20/h1-10H,11-18H2. The molecular weight excluding hydrogens is 456 g/mol. The van der Waals surface area contributed by atoms with Crippen LogP contribution in [0.25, 0.3) is 0 Å². The van der Waals surface area contributed by atoms with Gasteiger partial charge in [-0.25, -0.2) is 0 Å². The van der Waals surface area contributed by atoms with Crippen LogP contribution >= 0.6 is 0 Å². The number of ether oxygens (including phenoxy) is 2. The van der Waals surface area contributed by atoms with Crippen LogP contribution in [0.3, 0.4) is 0 Å². The van der Waals surface area contributed by atoms with Gasteiger partial charge in [0.1, 0.15) is 0 Å². The lowest BCUT2D eigenvalue weighted by molar-refractivity contribution is -0.196. The highest BCUT2D eigenvalue weighted by Gasteiger charge is 2.47. The van der Waals surface area contributed by atoms with Gasteiger partial charge >= 0.3 is 0 Å². The summed E-state index contributed by atoms with van der Waals surface area (Å²) < 4.78 is 73.0. The average Bonchev–Trinajstić information content (AvgIpc) is 3.28. The minimum atomic E-state index is -4.00. The summed E-state index contributed by atoms with van der Waals surface area (Å²) in [5, 5.41) is 0. The Balaban J connectivity index is 1.51. The number of hydrogen-bond donors (Lipinski definition) is 0. The molecule has 0 unspecified atom stereocenters. The molecule has 174 valence electrons. The van der Waals surface area contributed by atoms with Crippen LogP contribution in [-0.2, 0) is 38.1 Å². The second-order valence-electron chi connectivity index (χ2n) is 8.17. The van der Waals surface area contributed by atoms with E-state index in [0.717, 1.165) is 0 Å². The van der Waals surface area contributed by atoms with Crippen LogP contribution in [0, 0.1) is 5.41 Å². The van der Waals surface area contributed by atoms with Crippen molar-refractivity contribution in [2.75, 3.05) is 26.4 Å². The van der Waals surface area contributed by atoms with Crippen LogP contribution in [0.4, 0.5) is 0 Å². The molecule has 1 aliphatic heterocycles. The van der Waals surface area contributed by atoms with Gasteiger partial charge in [0.15, 0.2) is 5.79 Å². The highest BCUT2D eigenvalue weighted by molar-refractivity contribution is 7.87. The fraction of sp³-hybridized carbons (Fsp3) is 0.455. The Hall–Kier alpha value is -1.82. The summed E-state index contributed by atoms with van der Waals surface area (Å²) in [6.45, 7) is 0.602. The fourth-order valence-electron chi connectivity index (χ4n) is 3.99. The molecule has 8 nitrogen and oxygen atoms in total. The molecule has 2 aliphatic rings. The van der Waals surface area contributed by atoms with Gasteiger partial charge in [-0.05, 0) is 37.1 Å². The quantitative estimate of drug-likeness (QED) is 0.529. The van der Waals surface area contributed by atoms with E-state index in [4.69, 9.17) is 17.8 Å². The third-order valence-electron chi connectivity index (χ3n) is 5.99. The third-order valence-corrected chi connectivity index (χ3v) is 8.55. The van der Waals surface area contributed by atoms with Crippen molar-refractivity contribution >= 4 is 20.2 Å². The van der Waals surface area contributed by atoms with Crippen molar-refractivity contribution < 1.29 is 34.7 Å². The molecule has 1 spiro atoms. The van der Waals surface area contributed by atoms with Gasteiger partial charge in [0.05, 0.1) is 36.2 Å². The Morgan fingerprint density at radius 2 is 1.06 bits per heavy atom. The van der Waals surface area contributed by atoms with Gasteiger partial charge in [0.2, 0.25) is 0 Å². The molecule has 0 bridgehead atoms. The van der Waals surface area contributed by atoms with E-state index in [1.54, 1.807) is 36.4 Å². The van der Waals surface area contributed by atoms with Crippen molar-refractivity contribution in [2.24, 2.45) is 5.41 Å². The van der Waals surface area contributed by atoms with E-state index in [-0.39, 0.29) is 23.0 Å². The minimum Gasteiger partial charge on any atom is -0.348 e. The average molecular weight is 483 g/mol. The van der Waals surface area contributed by atoms with Crippen LogP contribution in [0.2, 0.25) is 0 Å². The zero-order valence-corrected chi connectivity index (χ0v) is 19.1. The normalized spacial score (nSPS) is 20.4. The molecule has 2 aromatic rings. The van der Waals surface area contributed by atoms with Crippen molar-refractivity contribution in [3.63, 3.8) is 0 Å². The van der Waals surface area contributed by atoms with Gasteiger partial charge in [-0.3, -0.25) is 8.37 Å². The van der Waals surface area contributed by atoms with Gasteiger partial charge in [-0.1, -0.05) is 36.4 Å². The van der Waals surface area contributed by atoms with Crippen molar-refractivity contribution in [1.29, 1.82) is 0 Å². The molecule has 4 rings (SSSR count). The zero-order valence-electron chi connectivity index (χ0n) is 17.5. The molecule has 0 amide bonds. The summed E-state index contributed by atoms with van der Waals surface area (Å²) in [7, 11) is -8.00. The van der Waals surface area contributed by atoms with E-state index in [2.05, 4.69) is 0 Å². The lowest BCUT2D eigenvalue weighted by atomic mass is 9.73. The lowest BCUT2D eigenvalue weighted by Crippen LogP contribution is -2.45.